The summed E-state index contributed by atoms with van der Waals surface area (Å²) < 4.78 is 40.8. The molecule has 3 N–H and O–H groups in total. The highest BCUT2D eigenvalue weighted by Crippen LogP contribution is 2.53. The molecule has 0 radical (unpaired) electrons. The monoisotopic (exact) mass is 465 g/mol. The minimum absolute atomic E-state index is 0.0615. The van der Waals surface area contributed by atoms with Gasteiger partial charge in [-0.25, -0.2) is 13.2 Å². The Morgan fingerprint density at radius 1 is 1.10 bits per heavy atom. The van der Waals surface area contributed by atoms with E-state index < -0.39 is 50.2 Å². The molecule has 1 atom stereocenters. The molecule has 5 nitrogen and oxygen atoms in total. The van der Waals surface area contributed by atoms with Gasteiger partial charge in [-0.15, -0.1) is 23.2 Å². The Labute approximate surface area is 178 Å². The second-order valence-corrected chi connectivity index (χ2v) is 8.24. The summed E-state index contributed by atoms with van der Waals surface area (Å²) in [5.41, 5.74) is -1.22. The summed E-state index contributed by atoms with van der Waals surface area (Å²) in [6.45, 7) is 0. The van der Waals surface area contributed by atoms with Gasteiger partial charge in [-0.1, -0.05) is 11.6 Å². The van der Waals surface area contributed by atoms with Crippen molar-refractivity contribution in [1.82, 2.24) is 0 Å². The van der Waals surface area contributed by atoms with Gasteiger partial charge in [-0.2, -0.15) is 0 Å². The third kappa shape index (κ3) is 4.39. The van der Waals surface area contributed by atoms with E-state index in [0.717, 1.165) is 24.3 Å². The lowest BCUT2D eigenvalue weighted by Gasteiger charge is -2.13. The molecular formula is C18H13Cl3F3N3O2. The van der Waals surface area contributed by atoms with Gasteiger partial charge in [0.15, 0.2) is 5.82 Å². The van der Waals surface area contributed by atoms with E-state index in [9.17, 15) is 22.8 Å². The van der Waals surface area contributed by atoms with Gasteiger partial charge in [-0.3, -0.25) is 9.59 Å². The van der Waals surface area contributed by atoms with Gasteiger partial charge in [0.25, 0.3) is 5.91 Å². The fourth-order valence-corrected chi connectivity index (χ4v) is 3.32. The van der Waals surface area contributed by atoms with Gasteiger partial charge in [0, 0.05) is 12.7 Å². The fourth-order valence-electron chi connectivity index (χ4n) is 2.62. The van der Waals surface area contributed by atoms with Crippen LogP contribution in [0, 0.1) is 23.4 Å². The number of benzene rings is 2. The Morgan fingerprint density at radius 3 is 2.34 bits per heavy atom. The fraction of sp³-hybridized carbons (Fsp3) is 0.222. The van der Waals surface area contributed by atoms with Crippen molar-refractivity contribution in [3.8, 4) is 0 Å². The van der Waals surface area contributed by atoms with E-state index in [-0.39, 0.29) is 23.4 Å². The highest BCUT2D eigenvalue weighted by atomic mass is 35.5. The number of carbonyl (C=O) groups is 2. The smallest absolute Gasteiger partial charge is 0.257 e. The van der Waals surface area contributed by atoms with Gasteiger partial charge in [0.2, 0.25) is 5.91 Å². The summed E-state index contributed by atoms with van der Waals surface area (Å²) in [6.07, 6.45) is 0.239. The zero-order valence-corrected chi connectivity index (χ0v) is 16.9. The van der Waals surface area contributed by atoms with Crippen molar-refractivity contribution in [1.29, 1.82) is 0 Å². The molecule has 11 heteroatoms. The first kappa shape index (κ1) is 21.5. The first-order chi connectivity index (χ1) is 13.5. The number of carbonyl (C=O) groups excluding carboxylic acids is 2. The van der Waals surface area contributed by atoms with E-state index in [2.05, 4.69) is 16.0 Å². The average Bonchev–Trinajstić information content (AvgIpc) is 3.29. The van der Waals surface area contributed by atoms with Gasteiger partial charge < -0.3 is 16.0 Å². The molecule has 29 heavy (non-hydrogen) atoms. The molecule has 1 saturated carbocycles. The summed E-state index contributed by atoms with van der Waals surface area (Å²) in [5.74, 6) is -5.07. The highest BCUT2D eigenvalue weighted by Gasteiger charge is 2.56. The topological polar surface area (TPSA) is 70.2 Å². The van der Waals surface area contributed by atoms with Crippen LogP contribution in [-0.2, 0) is 4.79 Å². The number of hydrogen-bond acceptors (Lipinski definition) is 3. The van der Waals surface area contributed by atoms with Crippen molar-refractivity contribution >= 4 is 63.7 Å². The quantitative estimate of drug-likeness (QED) is 0.532. The third-order valence-electron chi connectivity index (χ3n) is 4.27. The maximum absolute atomic E-state index is 14.3. The van der Waals surface area contributed by atoms with E-state index in [0.29, 0.717) is 0 Å². The molecule has 1 aliphatic rings. The molecule has 0 saturated heterocycles. The number of anilines is 3. The van der Waals surface area contributed by atoms with Gasteiger partial charge >= 0.3 is 0 Å². The summed E-state index contributed by atoms with van der Waals surface area (Å²) in [5, 5.41) is 6.40. The van der Waals surface area contributed by atoms with Crippen molar-refractivity contribution in [3.63, 3.8) is 0 Å². The van der Waals surface area contributed by atoms with Crippen molar-refractivity contribution < 1.29 is 22.8 Å². The highest BCUT2D eigenvalue weighted by molar-refractivity contribution is 6.52. The number of hydrogen-bond donors (Lipinski definition) is 3. The van der Waals surface area contributed by atoms with Gasteiger partial charge in [0.05, 0.1) is 22.2 Å². The number of halogens is 6. The number of rotatable bonds is 5. The molecule has 0 aromatic heterocycles. The Hall–Kier alpha value is -2.16. The van der Waals surface area contributed by atoms with Crippen LogP contribution in [0.15, 0.2) is 24.3 Å². The minimum Gasteiger partial charge on any atom is -0.383 e. The molecule has 1 fully saturated rings. The van der Waals surface area contributed by atoms with E-state index in [4.69, 9.17) is 34.8 Å². The summed E-state index contributed by atoms with van der Waals surface area (Å²) in [6, 6.07) is 3.99. The molecule has 0 spiro atoms. The Kier molecular flexibility index (Phi) is 5.89. The number of alkyl halides is 2. The number of nitrogens with one attached hydrogen (secondary N) is 3. The Morgan fingerprint density at radius 2 is 1.76 bits per heavy atom. The van der Waals surface area contributed by atoms with E-state index >= 15 is 0 Å². The maximum Gasteiger partial charge on any atom is 0.257 e. The molecule has 3 rings (SSSR count). The van der Waals surface area contributed by atoms with Crippen LogP contribution in [0.3, 0.4) is 0 Å². The molecule has 2 aromatic rings. The summed E-state index contributed by atoms with van der Waals surface area (Å²) in [7, 11) is 1.31. The lowest BCUT2D eigenvalue weighted by atomic mass is 10.1. The summed E-state index contributed by atoms with van der Waals surface area (Å²) in [4.78, 5) is 24.6. The zero-order valence-electron chi connectivity index (χ0n) is 14.7. The average molecular weight is 467 g/mol. The first-order valence-corrected chi connectivity index (χ1v) is 9.33. The van der Waals surface area contributed by atoms with Crippen LogP contribution < -0.4 is 16.0 Å². The lowest BCUT2D eigenvalue weighted by Crippen LogP contribution is -2.19. The van der Waals surface area contributed by atoms with Gasteiger partial charge in [-0.05, 0) is 30.7 Å². The molecule has 2 amide bonds. The first-order valence-electron chi connectivity index (χ1n) is 8.20. The molecule has 2 aromatic carbocycles. The lowest BCUT2D eigenvalue weighted by molar-refractivity contribution is -0.117. The van der Waals surface area contributed by atoms with Crippen LogP contribution in [0.25, 0.3) is 0 Å². The van der Waals surface area contributed by atoms with E-state index in [1.54, 1.807) is 0 Å². The second kappa shape index (κ2) is 7.93. The van der Waals surface area contributed by atoms with E-state index in [1.807, 2.05) is 0 Å². The molecular weight excluding hydrogens is 454 g/mol. The Bertz CT molecular complexity index is 1020. The van der Waals surface area contributed by atoms with Crippen molar-refractivity contribution in [3.05, 3.63) is 52.3 Å². The second-order valence-electron chi connectivity index (χ2n) is 6.31. The Balaban J connectivity index is 1.85. The molecule has 0 unspecified atom stereocenters. The predicted molar refractivity (Wildman–Crippen MR) is 106 cm³/mol. The maximum atomic E-state index is 14.3. The largest absolute Gasteiger partial charge is 0.383 e. The number of amides is 2. The van der Waals surface area contributed by atoms with Gasteiger partial charge in [0.1, 0.15) is 21.7 Å². The zero-order chi connectivity index (χ0) is 21.5. The van der Waals surface area contributed by atoms with Crippen LogP contribution in [0.1, 0.15) is 16.8 Å². The van der Waals surface area contributed by atoms with Crippen LogP contribution in [0.2, 0.25) is 5.02 Å². The third-order valence-corrected chi connectivity index (χ3v) is 5.49. The molecule has 0 aliphatic heterocycles. The normalized spacial score (nSPS) is 16.9. The van der Waals surface area contributed by atoms with Crippen molar-refractivity contribution in [2.75, 3.05) is 23.0 Å². The van der Waals surface area contributed by atoms with Crippen LogP contribution >= 0.6 is 34.8 Å². The molecule has 0 heterocycles. The van der Waals surface area contributed by atoms with E-state index in [1.165, 1.54) is 7.05 Å². The molecule has 1 aliphatic carbocycles. The van der Waals surface area contributed by atoms with Crippen LogP contribution in [0.4, 0.5) is 30.2 Å². The SMILES string of the molecule is CNc1c(F)ccc(NC(=O)c2cc(NC(=O)[C@H]3CC3(Cl)Cl)cc(F)c2Cl)c1F. The van der Waals surface area contributed by atoms with Crippen LogP contribution in [0.5, 0.6) is 0 Å². The standard InChI is InChI=1S/C18H13Cl3F3N3O2/c1-25-15-10(22)2-3-12(14(15)24)27-16(28)8-4-7(5-11(23)13(8)19)26-17(29)9-6-18(9,20)21/h2-5,9,25H,6H2,1H3,(H,26,29)(H,27,28)/t9-/m1/s1. The van der Waals surface area contributed by atoms with Crippen molar-refractivity contribution in [2.45, 2.75) is 10.8 Å². The molecule has 0 bridgehead atoms. The van der Waals surface area contributed by atoms with Crippen molar-refractivity contribution in [2.24, 2.45) is 5.92 Å². The van der Waals surface area contributed by atoms with Crippen LogP contribution in [-0.4, -0.2) is 23.2 Å². The molecule has 154 valence electrons. The predicted octanol–water partition coefficient (Wildman–Crippen LogP) is 5.18. The minimum atomic E-state index is -1.18. The summed E-state index contributed by atoms with van der Waals surface area (Å²) >= 11 is 17.5.